The molecule has 0 aliphatic carbocycles. The molecule has 3 rings (SSSR count). The van der Waals surface area contributed by atoms with Crippen molar-refractivity contribution in [2.75, 3.05) is 20.1 Å². The van der Waals surface area contributed by atoms with Crippen molar-refractivity contribution in [2.45, 2.75) is 18.9 Å². The maximum atomic E-state index is 12.5. The third-order valence-corrected chi connectivity index (χ3v) is 4.75. The number of hydrogen-bond acceptors (Lipinski definition) is 4. The minimum absolute atomic E-state index is 0.0494. The Balaban J connectivity index is 1.75. The van der Waals surface area contributed by atoms with Crippen LogP contribution in [0.3, 0.4) is 0 Å². The molecule has 0 radical (unpaired) electrons. The summed E-state index contributed by atoms with van der Waals surface area (Å²) in [5.74, 6) is 0.0494. The summed E-state index contributed by atoms with van der Waals surface area (Å²) in [5.41, 5.74) is 1.63. The quantitative estimate of drug-likeness (QED) is 0.948. The molecule has 0 spiro atoms. The SMILES string of the molecule is CNC1CCCN(C(=O)c2csc(-c3ccccc3)n2)C1. The number of hydrogen-bond donors (Lipinski definition) is 1. The highest BCUT2D eigenvalue weighted by Gasteiger charge is 2.25. The highest BCUT2D eigenvalue weighted by molar-refractivity contribution is 7.13. The lowest BCUT2D eigenvalue weighted by Crippen LogP contribution is -2.47. The molecule has 2 aromatic rings. The van der Waals surface area contributed by atoms with Crippen LogP contribution in [0.4, 0.5) is 0 Å². The molecule has 1 N–H and O–H groups in total. The van der Waals surface area contributed by atoms with Gasteiger partial charge >= 0.3 is 0 Å². The van der Waals surface area contributed by atoms with E-state index < -0.39 is 0 Å². The van der Waals surface area contributed by atoms with Crippen LogP contribution in [0, 0.1) is 0 Å². The van der Waals surface area contributed by atoms with Crippen LogP contribution in [0.1, 0.15) is 23.3 Å². The van der Waals surface area contributed by atoms with Crippen molar-refractivity contribution in [3.05, 3.63) is 41.4 Å². The average Bonchev–Trinajstić information content (AvgIpc) is 3.05. The summed E-state index contributed by atoms with van der Waals surface area (Å²) in [6.07, 6.45) is 2.18. The Labute approximate surface area is 128 Å². The largest absolute Gasteiger partial charge is 0.336 e. The van der Waals surface area contributed by atoms with E-state index in [-0.39, 0.29) is 5.91 Å². The molecule has 5 heteroatoms. The van der Waals surface area contributed by atoms with E-state index in [0.29, 0.717) is 11.7 Å². The predicted molar refractivity (Wildman–Crippen MR) is 85.5 cm³/mol. The number of nitrogens with zero attached hydrogens (tertiary/aromatic N) is 2. The molecule has 0 saturated carbocycles. The predicted octanol–water partition coefficient (Wildman–Crippen LogP) is 2.63. The van der Waals surface area contributed by atoms with Gasteiger partial charge < -0.3 is 10.2 Å². The summed E-state index contributed by atoms with van der Waals surface area (Å²) in [7, 11) is 1.95. The van der Waals surface area contributed by atoms with Crippen molar-refractivity contribution in [1.82, 2.24) is 15.2 Å². The molecule has 110 valence electrons. The van der Waals surface area contributed by atoms with E-state index in [2.05, 4.69) is 10.3 Å². The van der Waals surface area contributed by atoms with Gasteiger partial charge in [-0.1, -0.05) is 30.3 Å². The molecule has 2 heterocycles. The second kappa shape index (κ2) is 6.37. The topological polar surface area (TPSA) is 45.2 Å². The summed E-state index contributed by atoms with van der Waals surface area (Å²) in [4.78, 5) is 19.0. The maximum absolute atomic E-state index is 12.5. The number of piperidine rings is 1. The summed E-state index contributed by atoms with van der Waals surface area (Å²) < 4.78 is 0. The second-order valence-electron chi connectivity index (χ2n) is 5.28. The monoisotopic (exact) mass is 301 g/mol. The van der Waals surface area contributed by atoms with Crippen LogP contribution in [0.2, 0.25) is 0 Å². The van der Waals surface area contributed by atoms with Crippen LogP contribution in [0.25, 0.3) is 10.6 Å². The highest BCUT2D eigenvalue weighted by Crippen LogP contribution is 2.24. The van der Waals surface area contributed by atoms with Crippen LogP contribution < -0.4 is 5.32 Å². The van der Waals surface area contributed by atoms with Crippen LogP contribution >= 0.6 is 11.3 Å². The molecule has 1 fully saturated rings. The van der Waals surface area contributed by atoms with E-state index in [1.807, 2.05) is 47.7 Å². The third-order valence-electron chi connectivity index (χ3n) is 3.86. The smallest absolute Gasteiger partial charge is 0.273 e. The van der Waals surface area contributed by atoms with E-state index >= 15 is 0 Å². The van der Waals surface area contributed by atoms with Crippen molar-refractivity contribution >= 4 is 17.2 Å². The average molecular weight is 301 g/mol. The molecule has 21 heavy (non-hydrogen) atoms. The van der Waals surface area contributed by atoms with Gasteiger partial charge in [0, 0.05) is 30.1 Å². The zero-order chi connectivity index (χ0) is 14.7. The number of nitrogens with one attached hydrogen (secondary N) is 1. The number of rotatable bonds is 3. The highest BCUT2D eigenvalue weighted by atomic mass is 32.1. The van der Waals surface area contributed by atoms with Crippen molar-refractivity contribution in [3.63, 3.8) is 0 Å². The molecule has 1 amide bonds. The number of carbonyl (C=O) groups is 1. The summed E-state index contributed by atoms with van der Waals surface area (Å²) >= 11 is 1.53. The fourth-order valence-corrected chi connectivity index (χ4v) is 3.44. The van der Waals surface area contributed by atoms with Crippen LogP contribution in [0.15, 0.2) is 35.7 Å². The number of likely N-dealkylation sites (tertiary alicyclic amines) is 1. The van der Waals surface area contributed by atoms with Crippen LogP contribution in [-0.2, 0) is 0 Å². The Kier molecular flexibility index (Phi) is 4.31. The maximum Gasteiger partial charge on any atom is 0.273 e. The van der Waals surface area contributed by atoms with Gasteiger partial charge in [-0.15, -0.1) is 11.3 Å². The molecular weight excluding hydrogens is 282 g/mol. The standard InChI is InChI=1S/C16H19N3OS/c1-17-13-8-5-9-19(10-13)16(20)14-11-21-15(18-14)12-6-3-2-4-7-12/h2-4,6-7,11,13,17H,5,8-10H2,1H3. The van der Waals surface area contributed by atoms with Crippen molar-refractivity contribution in [1.29, 1.82) is 0 Å². The van der Waals surface area contributed by atoms with Crippen LogP contribution in [0.5, 0.6) is 0 Å². The molecule has 1 saturated heterocycles. The van der Waals surface area contributed by atoms with Crippen molar-refractivity contribution in [3.8, 4) is 10.6 Å². The summed E-state index contributed by atoms with van der Waals surface area (Å²) in [6.45, 7) is 1.60. The molecular formula is C16H19N3OS. The number of benzene rings is 1. The zero-order valence-electron chi connectivity index (χ0n) is 12.1. The lowest BCUT2D eigenvalue weighted by atomic mass is 10.1. The van der Waals surface area contributed by atoms with Gasteiger partial charge in [0.1, 0.15) is 10.7 Å². The normalized spacial score (nSPS) is 18.7. The first-order valence-corrected chi connectivity index (χ1v) is 8.13. The van der Waals surface area contributed by atoms with E-state index in [4.69, 9.17) is 0 Å². The van der Waals surface area contributed by atoms with Crippen molar-refractivity contribution < 1.29 is 4.79 Å². The van der Waals surface area contributed by atoms with E-state index in [1.165, 1.54) is 11.3 Å². The second-order valence-corrected chi connectivity index (χ2v) is 6.14. The first-order chi connectivity index (χ1) is 10.3. The minimum atomic E-state index is 0.0494. The zero-order valence-corrected chi connectivity index (χ0v) is 12.9. The first-order valence-electron chi connectivity index (χ1n) is 7.25. The van der Waals surface area contributed by atoms with Gasteiger partial charge in [0.05, 0.1) is 0 Å². The number of amides is 1. The summed E-state index contributed by atoms with van der Waals surface area (Å²) in [5, 5.41) is 6.03. The number of thiazole rings is 1. The Morgan fingerprint density at radius 1 is 1.38 bits per heavy atom. The van der Waals surface area contributed by atoms with Gasteiger partial charge in [-0.25, -0.2) is 4.98 Å². The van der Waals surface area contributed by atoms with Crippen molar-refractivity contribution in [2.24, 2.45) is 0 Å². The Morgan fingerprint density at radius 2 is 2.19 bits per heavy atom. The molecule has 1 aliphatic rings. The van der Waals surface area contributed by atoms with Crippen LogP contribution in [-0.4, -0.2) is 42.0 Å². The van der Waals surface area contributed by atoms with Gasteiger partial charge in [-0.05, 0) is 19.9 Å². The van der Waals surface area contributed by atoms with Gasteiger partial charge in [-0.3, -0.25) is 4.79 Å². The number of carbonyl (C=O) groups excluding carboxylic acids is 1. The van der Waals surface area contributed by atoms with E-state index in [9.17, 15) is 4.79 Å². The van der Waals surface area contributed by atoms with Gasteiger partial charge in [0.2, 0.25) is 0 Å². The van der Waals surface area contributed by atoms with Gasteiger partial charge in [0.25, 0.3) is 5.91 Å². The van der Waals surface area contributed by atoms with Gasteiger partial charge in [-0.2, -0.15) is 0 Å². The first kappa shape index (κ1) is 14.2. The lowest BCUT2D eigenvalue weighted by molar-refractivity contribution is 0.0693. The Morgan fingerprint density at radius 3 is 2.95 bits per heavy atom. The van der Waals surface area contributed by atoms with Gasteiger partial charge in [0.15, 0.2) is 0 Å². The fraction of sp³-hybridized carbons (Fsp3) is 0.375. The molecule has 1 unspecified atom stereocenters. The molecule has 1 atom stereocenters. The Bertz CT molecular complexity index is 611. The minimum Gasteiger partial charge on any atom is -0.336 e. The molecule has 0 bridgehead atoms. The molecule has 1 aliphatic heterocycles. The fourth-order valence-electron chi connectivity index (χ4n) is 2.64. The Hall–Kier alpha value is -1.72. The third kappa shape index (κ3) is 3.14. The summed E-state index contributed by atoms with van der Waals surface area (Å²) in [6, 6.07) is 10.4. The number of aromatic nitrogens is 1. The molecule has 4 nitrogen and oxygen atoms in total. The molecule has 1 aromatic heterocycles. The van der Waals surface area contributed by atoms with E-state index in [0.717, 1.165) is 36.5 Å². The number of likely N-dealkylation sites (N-methyl/N-ethyl adjacent to an activating group) is 1. The van der Waals surface area contributed by atoms with E-state index in [1.54, 1.807) is 0 Å². The molecule has 1 aromatic carbocycles. The lowest BCUT2D eigenvalue weighted by Gasteiger charge is -2.32.